The topological polar surface area (TPSA) is 74.8 Å². The molecule has 1 heterocycles. The molecule has 0 fully saturated rings. The Hall–Kier alpha value is -1.86. The van der Waals surface area contributed by atoms with Gasteiger partial charge in [0.15, 0.2) is 5.16 Å². The minimum atomic E-state index is -0.549. The van der Waals surface area contributed by atoms with Gasteiger partial charge in [0.05, 0.1) is 16.5 Å². The zero-order chi connectivity index (χ0) is 17.0. The Morgan fingerprint density at radius 3 is 2.87 bits per heavy atom. The highest BCUT2D eigenvalue weighted by Gasteiger charge is 2.10. The molecule has 0 aliphatic rings. The number of H-pyrrole nitrogens is 1. The number of aryl methyl sites for hydroxylation is 1. The van der Waals surface area contributed by atoms with Crippen LogP contribution in [-0.2, 0) is 11.2 Å². The summed E-state index contributed by atoms with van der Waals surface area (Å²) in [6.07, 6.45) is 0.642. The van der Waals surface area contributed by atoms with Gasteiger partial charge in [-0.3, -0.25) is 9.59 Å². The van der Waals surface area contributed by atoms with E-state index < -0.39 is 5.82 Å². The molecule has 0 spiro atoms. The number of aromatic amines is 1. The monoisotopic (exact) mass is 355 g/mol. The number of hydrogen-bond donors (Lipinski definition) is 2. The van der Waals surface area contributed by atoms with E-state index in [1.165, 1.54) is 18.2 Å². The number of carbonyl (C=O) groups is 1. The van der Waals surface area contributed by atoms with E-state index in [0.717, 1.165) is 11.8 Å². The van der Waals surface area contributed by atoms with Crippen molar-refractivity contribution in [1.82, 2.24) is 9.97 Å². The van der Waals surface area contributed by atoms with Crippen LogP contribution in [0.5, 0.6) is 0 Å². The van der Waals surface area contributed by atoms with Crippen molar-refractivity contribution in [1.29, 1.82) is 0 Å². The number of thioether (sulfide) groups is 1. The Morgan fingerprint density at radius 2 is 2.22 bits per heavy atom. The van der Waals surface area contributed by atoms with Gasteiger partial charge in [-0.15, -0.1) is 0 Å². The van der Waals surface area contributed by atoms with Crippen molar-refractivity contribution >= 4 is 35.0 Å². The predicted octanol–water partition coefficient (Wildman–Crippen LogP) is 3.16. The largest absolute Gasteiger partial charge is 0.325 e. The fourth-order valence-electron chi connectivity index (χ4n) is 1.87. The summed E-state index contributed by atoms with van der Waals surface area (Å²) in [6.45, 7) is 3.62. The first-order valence-electron chi connectivity index (χ1n) is 6.88. The molecular formula is C15H15ClFN3O2S. The lowest BCUT2D eigenvalue weighted by Crippen LogP contribution is -2.18. The Balaban J connectivity index is 2.00. The third-order valence-corrected chi connectivity index (χ3v) is 4.27. The number of hydrogen-bond acceptors (Lipinski definition) is 4. The van der Waals surface area contributed by atoms with Gasteiger partial charge < -0.3 is 10.3 Å². The average Bonchev–Trinajstić information content (AvgIpc) is 2.52. The highest BCUT2D eigenvalue weighted by atomic mass is 35.5. The third-order valence-electron chi connectivity index (χ3n) is 3.11. The second-order valence-electron chi connectivity index (χ2n) is 4.76. The molecule has 2 rings (SSSR count). The quantitative estimate of drug-likeness (QED) is 0.638. The van der Waals surface area contributed by atoms with Crippen LogP contribution in [0.4, 0.5) is 10.1 Å². The van der Waals surface area contributed by atoms with E-state index in [4.69, 9.17) is 11.6 Å². The van der Waals surface area contributed by atoms with E-state index in [0.29, 0.717) is 28.5 Å². The second-order valence-corrected chi connectivity index (χ2v) is 6.13. The molecule has 1 amide bonds. The van der Waals surface area contributed by atoms with Crippen molar-refractivity contribution in [2.75, 3.05) is 11.1 Å². The number of nitrogens with one attached hydrogen (secondary N) is 2. The number of aromatic nitrogens is 2. The summed E-state index contributed by atoms with van der Waals surface area (Å²) >= 11 is 6.78. The van der Waals surface area contributed by atoms with Crippen LogP contribution < -0.4 is 10.9 Å². The van der Waals surface area contributed by atoms with E-state index in [1.807, 2.05) is 6.92 Å². The van der Waals surface area contributed by atoms with Crippen LogP contribution in [0.3, 0.4) is 0 Å². The Bertz CT molecular complexity index is 795. The minimum absolute atomic E-state index is 0.0597. The third kappa shape index (κ3) is 4.56. The summed E-state index contributed by atoms with van der Waals surface area (Å²) in [5.74, 6) is -0.795. The van der Waals surface area contributed by atoms with Gasteiger partial charge in [-0.25, -0.2) is 9.37 Å². The number of rotatable bonds is 5. The molecule has 0 saturated carbocycles. The second kappa shape index (κ2) is 7.61. The SMILES string of the molecule is CCc1nc(SCC(=O)Nc2ccc(F)c(Cl)c2)[nH]c(=O)c1C. The summed E-state index contributed by atoms with van der Waals surface area (Å²) in [7, 11) is 0. The summed E-state index contributed by atoms with van der Waals surface area (Å²) in [4.78, 5) is 30.6. The van der Waals surface area contributed by atoms with E-state index in [2.05, 4.69) is 15.3 Å². The zero-order valence-corrected chi connectivity index (χ0v) is 14.1. The summed E-state index contributed by atoms with van der Waals surface area (Å²) in [5.41, 5.74) is 1.50. The molecule has 0 saturated heterocycles. The molecule has 122 valence electrons. The van der Waals surface area contributed by atoms with Gasteiger partial charge >= 0.3 is 0 Å². The van der Waals surface area contributed by atoms with Crippen LogP contribution in [0.2, 0.25) is 5.02 Å². The smallest absolute Gasteiger partial charge is 0.254 e. The lowest BCUT2D eigenvalue weighted by Gasteiger charge is -2.07. The molecule has 2 aromatic rings. The lowest BCUT2D eigenvalue weighted by atomic mass is 10.2. The first-order chi connectivity index (χ1) is 10.9. The van der Waals surface area contributed by atoms with E-state index in [1.54, 1.807) is 6.92 Å². The molecule has 0 atom stereocenters. The van der Waals surface area contributed by atoms with Gasteiger partial charge in [0.25, 0.3) is 5.56 Å². The number of anilines is 1. The molecule has 1 aromatic carbocycles. The van der Waals surface area contributed by atoms with Gasteiger partial charge in [-0.2, -0.15) is 0 Å². The van der Waals surface area contributed by atoms with E-state index in [9.17, 15) is 14.0 Å². The van der Waals surface area contributed by atoms with E-state index in [-0.39, 0.29) is 22.2 Å². The fourth-order valence-corrected chi connectivity index (χ4v) is 2.73. The van der Waals surface area contributed by atoms with E-state index >= 15 is 0 Å². The molecule has 0 aliphatic carbocycles. The van der Waals surface area contributed by atoms with Crippen LogP contribution in [0.1, 0.15) is 18.2 Å². The van der Waals surface area contributed by atoms with Gasteiger partial charge in [-0.1, -0.05) is 30.3 Å². The van der Waals surface area contributed by atoms with Crippen molar-refractivity contribution in [3.63, 3.8) is 0 Å². The van der Waals surface area contributed by atoms with Gasteiger partial charge in [0.2, 0.25) is 5.91 Å². The molecule has 0 bridgehead atoms. The van der Waals surface area contributed by atoms with Crippen LogP contribution in [0.25, 0.3) is 0 Å². The predicted molar refractivity (Wildman–Crippen MR) is 89.7 cm³/mol. The maximum absolute atomic E-state index is 13.1. The first-order valence-corrected chi connectivity index (χ1v) is 8.24. The highest BCUT2D eigenvalue weighted by molar-refractivity contribution is 7.99. The number of halogens is 2. The van der Waals surface area contributed by atoms with Gasteiger partial charge in [0.1, 0.15) is 5.82 Å². The Labute approximate surface area is 141 Å². The summed E-state index contributed by atoms with van der Waals surface area (Å²) in [6, 6.07) is 3.93. The van der Waals surface area contributed by atoms with Crippen LogP contribution in [0.15, 0.2) is 28.2 Å². The van der Waals surface area contributed by atoms with Crippen LogP contribution in [0, 0.1) is 12.7 Å². The van der Waals surface area contributed by atoms with Crippen molar-refractivity contribution in [3.05, 3.63) is 50.7 Å². The number of carbonyl (C=O) groups excluding carboxylic acids is 1. The normalized spacial score (nSPS) is 10.6. The summed E-state index contributed by atoms with van der Waals surface area (Å²) in [5, 5.41) is 2.93. The van der Waals surface area contributed by atoms with Crippen LogP contribution >= 0.6 is 23.4 Å². The molecule has 23 heavy (non-hydrogen) atoms. The van der Waals surface area contributed by atoms with Crippen LogP contribution in [-0.4, -0.2) is 21.6 Å². The standard InChI is InChI=1S/C15H15ClFN3O2S/c1-3-12-8(2)14(22)20-15(19-12)23-7-13(21)18-9-4-5-11(17)10(16)6-9/h4-6H,3,7H2,1-2H3,(H,18,21)(H,19,20,22). The van der Waals surface area contributed by atoms with Crippen molar-refractivity contribution < 1.29 is 9.18 Å². The minimum Gasteiger partial charge on any atom is -0.325 e. The number of benzene rings is 1. The summed E-state index contributed by atoms with van der Waals surface area (Å²) < 4.78 is 13.1. The zero-order valence-electron chi connectivity index (χ0n) is 12.6. The number of amides is 1. The maximum Gasteiger partial charge on any atom is 0.254 e. The van der Waals surface area contributed by atoms with Crippen molar-refractivity contribution in [2.24, 2.45) is 0 Å². The lowest BCUT2D eigenvalue weighted by molar-refractivity contribution is -0.113. The molecule has 1 aromatic heterocycles. The highest BCUT2D eigenvalue weighted by Crippen LogP contribution is 2.20. The molecular weight excluding hydrogens is 341 g/mol. The Kier molecular flexibility index (Phi) is 5.79. The van der Waals surface area contributed by atoms with Crippen molar-refractivity contribution in [2.45, 2.75) is 25.4 Å². The fraction of sp³-hybridized carbons (Fsp3) is 0.267. The molecule has 0 aliphatic heterocycles. The van der Waals surface area contributed by atoms with Gasteiger partial charge in [0, 0.05) is 11.3 Å². The first kappa shape index (κ1) is 17.5. The Morgan fingerprint density at radius 1 is 1.48 bits per heavy atom. The molecule has 5 nitrogen and oxygen atoms in total. The molecule has 0 radical (unpaired) electrons. The van der Waals surface area contributed by atoms with Gasteiger partial charge in [-0.05, 0) is 31.5 Å². The number of nitrogens with zero attached hydrogens (tertiary/aromatic N) is 1. The maximum atomic E-state index is 13.1. The molecule has 2 N–H and O–H groups in total. The van der Waals surface area contributed by atoms with Crippen molar-refractivity contribution in [3.8, 4) is 0 Å². The molecule has 0 unspecified atom stereocenters. The molecule has 8 heteroatoms. The average molecular weight is 356 g/mol.